The van der Waals surface area contributed by atoms with E-state index in [0.29, 0.717) is 12.5 Å². The first-order valence-electron chi connectivity index (χ1n) is 7.35. The van der Waals surface area contributed by atoms with Crippen molar-refractivity contribution in [2.45, 2.75) is 26.8 Å². The van der Waals surface area contributed by atoms with Crippen LogP contribution in [-0.4, -0.2) is 25.6 Å². The van der Waals surface area contributed by atoms with Crippen LogP contribution >= 0.6 is 12.4 Å². The van der Waals surface area contributed by atoms with Crippen LogP contribution in [0.2, 0.25) is 0 Å². The Balaban J connectivity index is 0.00000220. The molecule has 0 saturated carbocycles. The van der Waals surface area contributed by atoms with Gasteiger partial charge in [-0.2, -0.15) is 0 Å². The van der Waals surface area contributed by atoms with Crippen LogP contribution in [0.1, 0.15) is 32.4 Å². The van der Waals surface area contributed by atoms with Gasteiger partial charge in [-0.05, 0) is 50.6 Å². The molecule has 1 aliphatic heterocycles. The highest BCUT2D eigenvalue weighted by Gasteiger charge is 2.29. The Kier molecular flexibility index (Phi) is 6.99. The van der Waals surface area contributed by atoms with Gasteiger partial charge in [-0.3, -0.25) is 4.79 Å². The van der Waals surface area contributed by atoms with Crippen LogP contribution < -0.4 is 15.4 Å². The maximum Gasteiger partial charge on any atom is 0.223 e. The molecule has 1 aromatic carbocycles. The summed E-state index contributed by atoms with van der Waals surface area (Å²) < 4.78 is 5.49. The van der Waals surface area contributed by atoms with E-state index in [-0.39, 0.29) is 30.3 Å². The average molecular weight is 313 g/mol. The number of hydrogen-bond acceptors (Lipinski definition) is 3. The van der Waals surface area contributed by atoms with Crippen LogP contribution in [0.3, 0.4) is 0 Å². The van der Waals surface area contributed by atoms with E-state index in [4.69, 9.17) is 4.74 Å². The largest absolute Gasteiger partial charge is 0.494 e. The minimum atomic E-state index is -0.00149. The number of halogens is 1. The maximum atomic E-state index is 12.2. The van der Waals surface area contributed by atoms with Crippen LogP contribution in [0, 0.1) is 11.8 Å². The van der Waals surface area contributed by atoms with Gasteiger partial charge in [0.2, 0.25) is 5.91 Å². The van der Waals surface area contributed by atoms with Crippen molar-refractivity contribution in [2.75, 3.05) is 19.7 Å². The molecule has 0 aromatic heterocycles. The molecule has 2 rings (SSSR count). The molecule has 1 amide bonds. The molecule has 1 fully saturated rings. The van der Waals surface area contributed by atoms with Gasteiger partial charge in [0.1, 0.15) is 5.75 Å². The molecular formula is C16H25ClN2O2. The zero-order chi connectivity index (χ0) is 14.5. The normalized spacial score (nSPS) is 17.1. The van der Waals surface area contributed by atoms with Crippen molar-refractivity contribution in [2.24, 2.45) is 11.8 Å². The van der Waals surface area contributed by atoms with Crippen molar-refractivity contribution >= 4 is 18.3 Å². The fourth-order valence-electron chi connectivity index (χ4n) is 2.35. The highest BCUT2D eigenvalue weighted by molar-refractivity contribution is 5.85. The fourth-order valence-corrected chi connectivity index (χ4v) is 2.35. The van der Waals surface area contributed by atoms with Crippen molar-refractivity contribution in [3.8, 4) is 5.75 Å². The van der Waals surface area contributed by atoms with Gasteiger partial charge in [-0.1, -0.05) is 19.1 Å². The molecule has 2 unspecified atom stereocenters. The summed E-state index contributed by atoms with van der Waals surface area (Å²) in [7, 11) is 0. The van der Waals surface area contributed by atoms with Gasteiger partial charge in [-0.25, -0.2) is 0 Å². The summed E-state index contributed by atoms with van der Waals surface area (Å²) in [5, 5.41) is 6.30. The van der Waals surface area contributed by atoms with Gasteiger partial charge in [-0.15, -0.1) is 12.4 Å². The van der Waals surface area contributed by atoms with E-state index >= 15 is 0 Å². The molecule has 118 valence electrons. The van der Waals surface area contributed by atoms with Gasteiger partial charge in [0.15, 0.2) is 0 Å². The number of rotatable bonds is 6. The lowest BCUT2D eigenvalue weighted by atomic mass is 9.88. The Morgan fingerprint density at radius 1 is 1.43 bits per heavy atom. The molecule has 21 heavy (non-hydrogen) atoms. The van der Waals surface area contributed by atoms with Gasteiger partial charge >= 0.3 is 0 Å². The van der Waals surface area contributed by atoms with Crippen LogP contribution in [0.25, 0.3) is 0 Å². The van der Waals surface area contributed by atoms with Crippen LogP contribution in [-0.2, 0) is 4.79 Å². The third kappa shape index (κ3) is 4.61. The van der Waals surface area contributed by atoms with E-state index in [9.17, 15) is 4.79 Å². The molecule has 2 atom stereocenters. The number of ether oxygens (including phenoxy) is 1. The topological polar surface area (TPSA) is 50.4 Å². The average Bonchev–Trinajstić information content (AvgIpc) is 2.37. The molecule has 0 bridgehead atoms. The number of carbonyl (C=O) groups excluding carboxylic acids is 1. The first kappa shape index (κ1) is 17.8. The first-order valence-corrected chi connectivity index (χ1v) is 7.35. The van der Waals surface area contributed by atoms with E-state index in [1.165, 1.54) is 0 Å². The van der Waals surface area contributed by atoms with Crippen LogP contribution in [0.5, 0.6) is 5.75 Å². The summed E-state index contributed by atoms with van der Waals surface area (Å²) in [4.78, 5) is 12.2. The second-order valence-electron chi connectivity index (χ2n) is 5.44. The predicted octanol–water partition coefficient (Wildman–Crippen LogP) is 2.54. The lowest BCUT2D eigenvalue weighted by Gasteiger charge is -2.32. The first-order chi connectivity index (χ1) is 9.61. The molecule has 1 aromatic rings. The van der Waals surface area contributed by atoms with Gasteiger partial charge in [0.05, 0.1) is 12.6 Å². The fraction of sp³-hybridized carbons (Fsp3) is 0.562. The molecule has 1 heterocycles. The third-order valence-corrected chi connectivity index (χ3v) is 3.96. The molecule has 5 heteroatoms. The molecule has 1 aliphatic rings. The number of benzene rings is 1. The van der Waals surface area contributed by atoms with Crippen LogP contribution in [0.15, 0.2) is 24.3 Å². The minimum absolute atomic E-state index is 0. The lowest BCUT2D eigenvalue weighted by molar-refractivity contribution is -0.127. The Bertz CT molecular complexity index is 463. The van der Waals surface area contributed by atoms with Crippen molar-refractivity contribution < 1.29 is 9.53 Å². The number of amides is 1. The second kappa shape index (κ2) is 8.25. The van der Waals surface area contributed by atoms with Crippen molar-refractivity contribution in [1.82, 2.24) is 10.6 Å². The smallest absolute Gasteiger partial charge is 0.223 e. The third-order valence-electron chi connectivity index (χ3n) is 3.96. The Morgan fingerprint density at radius 2 is 2.14 bits per heavy atom. The summed E-state index contributed by atoms with van der Waals surface area (Å²) in [6, 6.07) is 7.90. The zero-order valence-electron chi connectivity index (χ0n) is 12.9. The molecule has 0 radical (unpaired) electrons. The van der Waals surface area contributed by atoms with Gasteiger partial charge < -0.3 is 15.4 Å². The summed E-state index contributed by atoms with van der Waals surface area (Å²) in [6.07, 6.45) is 0. The number of nitrogens with one attached hydrogen (secondary N) is 2. The lowest BCUT2D eigenvalue weighted by Crippen LogP contribution is -2.49. The number of carbonyl (C=O) groups is 1. The van der Waals surface area contributed by atoms with Crippen molar-refractivity contribution in [3.05, 3.63) is 29.8 Å². The monoisotopic (exact) mass is 312 g/mol. The molecule has 0 aliphatic carbocycles. The Hall–Kier alpha value is -1.26. The minimum Gasteiger partial charge on any atom is -0.494 e. The standard InChI is InChI=1S/C16H24N2O2.ClH/c1-4-20-15-7-5-6-13(8-15)12(3)18-16(19)11(2)14-9-17-10-14;/h5-8,11-12,14,17H,4,9-10H2,1-3H3,(H,18,19);1H. The summed E-state index contributed by atoms with van der Waals surface area (Å²) in [5.41, 5.74) is 1.07. The molecule has 2 N–H and O–H groups in total. The highest BCUT2D eigenvalue weighted by Crippen LogP contribution is 2.21. The Labute approximate surface area is 133 Å². The van der Waals surface area contributed by atoms with Crippen molar-refractivity contribution in [1.29, 1.82) is 0 Å². The molecule has 1 saturated heterocycles. The van der Waals surface area contributed by atoms with Crippen LogP contribution in [0.4, 0.5) is 0 Å². The highest BCUT2D eigenvalue weighted by atomic mass is 35.5. The second-order valence-corrected chi connectivity index (χ2v) is 5.44. The number of hydrogen-bond donors (Lipinski definition) is 2. The zero-order valence-corrected chi connectivity index (χ0v) is 13.7. The molecule has 0 spiro atoms. The molecule has 4 nitrogen and oxygen atoms in total. The quantitative estimate of drug-likeness (QED) is 0.848. The summed E-state index contributed by atoms with van der Waals surface area (Å²) in [5.74, 6) is 1.51. The maximum absolute atomic E-state index is 12.2. The van der Waals surface area contributed by atoms with E-state index < -0.39 is 0 Å². The van der Waals surface area contributed by atoms with E-state index in [1.807, 2.05) is 45.0 Å². The van der Waals surface area contributed by atoms with Gasteiger partial charge in [0.25, 0.3) is 0 Å². The van der Waals surface area contributed by atoms with E-state index in [2.05, 4.69) is 10.6 Å². The molecular weight excluding hydrogens is 288 g/mol. The summed E-state index contributed by atoms with van der Waals surface area (Å²) in [6.45, 7) is 8.52. The van der Waals surface area contributed by atoms with Gasteiger partial charge in [0, 0.05) is 5.92 Å². The predicted molar refractivity (Wildman–Crippen MR) is 86.9 cm³/mol. The Morgan fingerprint density at radius 3 is 2.71 bits per heavy atom. The van der Waals surface area contributed by atoms with Crippen molar-refractivity contribution in [3.63, 3.8) is 0 Å². The van der Waals surface area contributed by atoms with E-state index in [1.54, 1.807) is 0 Å². The summed E-state index contributed by atoms with van der Waals surface area (Å²) >= 11 is 0. The van der Waals surface area contributed by atoms with E-state index in [0.717, 1.165) is 24.4 Å². The SMILES string of the molecule is CCOc1cccc(C(C)NC(=O)C(C)C2CNC2)c1.Cl.